The van der Waals surface area contributed by atoms with Gasteiger partial charge in [-0.3, -0.25) is 4.79 Å². The predicted octanol–water partition coefficient (Wildman–Crippen LogP) is 6.27. The molecule has 0 spiro atoms. The normalized spacial score (nSPS) is 12.2. The molecule has 2 heteroatoms. The zero-order valence-corrected chi connectivity index (χ0v) is 14.1. The Hall–Kier alpha value is -1.05. The van der Waals surface area contributed by atoms with Crippen LogP contribution in [0, 0.1) is 0 Å². The van der Waals surface area contributed by atoms with E-state index in [1.807, 2.05) is 0 Å². The van der Waals surface area contributed by atoms with Crippen LogP contribution in [0.25, 0.3) is 0 Å². The molecule has 0 fully saturated rings. The molecule has 0 bridgehead atoms. The molecule has 0 rings (SSSR count). The van der Waals surface area contributed by atoms with Gasteiger partial charge in [0, 0.05) is 6.42 Å². The lowest BCUT2D eigenvalue weighted by atomic mass is 10.1. The Bertz CT molecular complexity index is 303. The highest BCUT2D eigenvalue weighted by molar-refractivity contribution is 5.66. The lowest BCUT2D eigenvalue weighted by Gasteiger charge is -1.99. The number of hydrogen-bond acceptors (Lipinski definition) is 1. The highest BCUT2D eigenvalue weighted by Gasteiger charge is 1.95. The maximum atomic E-state index is 10.3. The first-order valence-corrected chi connectivity index (χ1v) is 8.71. The molecule has 2 nitrogen and oxygen atoms in total. The van der Waals surface area contributed by atoms with E-state index in [0.29, 0.717) is 6.42 Å². The Morgan fingerprint density at radius 3 is 2.24 bits per heavy atom. The van der Waals surface area contributed by atoms with E-state index in [2.05, 4.69) is 32.1 Å². The van der Waals surface area contributed by atoms with E-state index < -0.39 is 5.97 Å². The molecular formula is C19H34O2. The Labute approximate surface area is 131 Å². The standard InChI is InChI=1S/C19H34O2/c1-3-4-5-12-15-18(2)16-13-10-8-6-7-9-11-14-17-19(20)21/h10,13,16H,3-9,11-12,14-15,17H2,1-2H3,(H,20,21). The summed E-state index contributed by atoms with van der Waals surface area (Å²) in [5.41, 5.74) is 1.48. The van der Waals surface area contributed by atoms with Gasteiger partial charge in [0.05, 0.1) is 0 Å². The van der Waals surface area contributed by atoms with Gasteiger partial charge >= 0.3 is 5.97 Å². The zero-order chi connectivity index (χ0) is 15.8. The average Bonchev–Trinajstić information content (AvgIpc) is 2.45. The molecule has 0 aromatic carbocycles. The second-order valence-electron chi connectivity index (χ2n) is 5.95. The molecule has 0 aliphatic rings. The summed E-state index contributed by atoms with van der Waals surface area (Å²) >= 11 is 0. The smallest absolute Gasteiger partial charge is 0.303 e. The van der Waals surface area contributed by atoms with Crippen molar-refractivity contribution in [2.24, 2.45) is 0 Å². The van der Waals surface area contributed by atoms with Crippen molar-refractivity contribution in [3.05, 3.63) is 23.8 Å². The Morgan fingerprint density at radius 2 is 1.52 bits per heavy atom. The third kappa shape index (κ3) is 16.9. The largest absolute Gasteiger partial charge is 0.481 e. The monoisotopic (exact) mass is 294 g/mol. The fourth-order valence-corrected chi connectivity index (χ4v) is 2.31. The molecule has 21 heavy (non-hydrogen) atoms. The predicted molar refractivity (Wildman–Crippen MR) is 91.6 cm³/mol. The van der Waals surface area contributed by atoms with Crippen molar-refractivity contribution in [1.29, 1.82) is 0 Å². The van der Waals surface area contributed by atoms with Gasteiger partial charge in [-0.25, -0.2) is 0 Å². The molecule has 0 saturated heterocycles. The van der Waals surface area contributed by atoms with E-state index in [4.69, 9.17) is 5.11 Å². The van der Waals surface area contributed by atoms with Crippen LogP contribution in [-0.4, -0.2) is 11.1 Å². The molecule has 1 N–H and O–H groups in total. The van der Waals surface area contributed by atoms with Crippen molar-refractivity contribution in [1.82, 2.24) is 0 Å². The molecule has 0 unspecified atom stereocenters. The van der Waals surface area contributed by atoms with Crippen molar-refractivity contribution in [3.8, 4) is 0 Å². The van der Waals surface area contributed by atoms with E-state index in [9.17, 15) is 4.79 Å². The fraction of sp³-hybridized carbons (Fsp3) is 0.737. The molecule has 0 aromatic rings. The van der Waals surface area contributed by atoms with Gasteiger partial charge in [-0.2, -0.15) is 0 Å². The van der Waals surface area contributed by atoms with Crippen LogP contribution in [0.5, 0.6) is 0 Å². The molecule has 0 heterocycles. The molecule has 0 radical (unpaired) electrons. The Morgan fingerprint density at radius 1 is 0.905 bits per heavy atom. The Kier molecular flexibility index (Phi) is 14.6. The van der Waals surface area contributed by atoms with Crippen LogP contribution in [0.15, 0.2) is 23.8 Å². The number of aliphatic carboxylic acids is 1. The van der Waals surface area contributed by atoms with Crippen LogP contribution >= 0.6 is 0 Å². The molecule has 0 aliphatic carbocycles. The highest BCUT2D eigenvalue weighted by Crippen LogP contribution is 2.10. The zero-order valence-electron chi connectivity index (χ0n) is 14.1. The van der Waals surface area contributed by atoms with Gasteiger partial charge in [0.2, 0.25) is 0 Å². The summed E-state index contributed by atoms with van der Waals surface area (Å²) in [6.45, 7) is 4.47. The van der Waals surface area contributed by atoms with Crippen LogP contribution in [0.3, 0.4) is 0 Å². The fourth-order valence-electron chi connectivity index (χ4n) is 2.31. The van der Waals surface area contributed by atoms with Crippen LogP contribution in [0.2, 0.25) is 0 Å². The molecule has 122 valence electrons. The van der Waals surface area contributed by atoms with Crippen molar-refractivity contribution in [3.63, 3.8) is 0 Å². The van der Waals surface area contributed by atoms with Gasteiger partial charge in [-0.05, 0) is 39.0 Å². The second-order valence-corrected chi connectivity index (χ2v) is 5.95. The van der Waals surface area contributed by atoms with E-state index in [0.717, 1.165) is 25.7 Å². The summed E-state index contributed by atoms with van der Waals surface area (Å²) in [4.78, 5) is 10.3. The van der Waals surface area contributed by atoms with Crippen LogP contribution in [0.4, 0.5) is 0 Å². The second kappa shape index (κ2) is 15.3. The number of carboxylic acids is 1. The molecule has 0 aromatic heterocycles. The minimum atomic E-state index is -0.671. The molecule has 0 saturated carbocycles. The number of unbranched alkanes of at least 4 members (excludes halogenated alkanes) is 8. The van der Waals surface area contributed by atoms with E-state index >= 15 is 0 Å². The maximum Gasteiger partial charge on any atom is 0.303 e. The van der Waals surface area contributed by atoms with Gasteiger partial charge in [-0.1, -0.05) is 69.2 Å². The minimum absolute atomic E-state index is 0.322. The maximum absolute atomic E-state index is 10.3. The van der Waals surface area contributed by atoms with Crippen LogP contribution < -0.4 is 0 Å². The van der Waals surface area contributed by atoms with Gasteiger partial charge in [0.15, 0.2) is 0 Å². The van der Waals surface area contributed by atoms with E-state index in [1.54, 1.807) is 0 Å². The lowest BCUT2D eigenvalue weighted by Crippen LogP contribution is -1.93. The average molecular weight is 294 g/mol. The SMILES string of the molecule is CCCCCCC(C)=CC=CCCCCCCCC(=O)O. The lowest BCUT2D eigenvalue weighted by molar-refractivity contribution is -0.137. The molecule has 0 aliphatic heterocycles. The summed E-state index contributed by atoms with van der Waals surface area (Å²) in [5.74, 6) is -0.671. The first-order chi connectivity index (χ1) is 10.2. The summed E-state index contributed by atoms with van der Waals surface area (Å²) in [7, 11) is 0. The number of rotatable bonds is 14. The molecule has 0 atom stereocenters. The molecule has 0 amide bonds. The minimum Gasteiger partial charge on any atom is -0.481 e. The van der Waals surface area contributed by atoms with Crippen molar-refractivity contribution in [2.45, 2.75) is 90.9 Å². The summed E-state index contributed by atoms with van der Waals surface area (Å²) in [6.07, 6.45) is 20.2. The van der Waals surface area contributed by atoms with E-state index in [1.165, 1.54) is 50.5 Å². The summed E-state index contributed by atoms with van der Waals surface area (Å²) in [5, 5.41) is 8.52. The van der Waals surface area contributed by atoms with Gasteiger partial charge in [0.1, 0.15) is 0 Å². The van der Waals surface area contributed by atoms with Crippen LogP contribution in [-0.2, 0) is 4.79 Å². The van der Waals surface area contributed by atoms with Crippen molar-refractivity contribution >= 4 is 5.97 Å². The van der Waals surface area contributed by atoms with Gasteiger partial charge in [-0.15, -0.1) is 0 Å². The summed E-state index contributed by atoms with van der Waals surface area (Å²) in [6, 6.07) is 0. The van der Waals surface area contributed by atoms with Gasteiger partial charge < -0.3 is 5.11 Å². The number of carboxylic acid groups (broad SMARTS) is 1. The number of allylic oxidation sites excluding steroid dienone is 4. The Balaban J connectivity index is 3.40. The number of carbonyl (C=O) groups is 1. The quantitative estimate of drug-likeness (QED) is 0.302. The molecular weight excluding hydrogens is 260 g/mol. The first-order valence-electron chi connectivity index (χ1n) is 8.71. The van der Waals surface area contributed by atoms with Crippen molar-refractivity contribution < 1.29 is 9.90 Å². The van der Waals surface area contributed by atoms with Crippen LogP contribution in [0.1, 0.15) is 90.9 Å². The highest BCUT2D eigenvalue weighted by atomic mass is 16.4. The first kappa shape index (κ1) is 19.9. The van der Waals surface area contributed by atoms with E-state index in [-0.39, 0.29) is 0 Å². The third-order valence-corrected chi connectivity index (χ3v) is 3.70. The van der Waals surface area contributed by atoms with Gasteiger partial charge in [0.25, 0.3) is 0 Å². The topological polar surface area (TPSA) is 37.3 Å². The summed E-state index contributed by atoms with van der Waals surface area (Å²) < 4.78 is 0. The number of hydrogen-bond donors (Lipinski definition) is 1. The third-order valence-electron chi connectivity index (χ3n) is 3.70. The van der Waals surface area contributed by atoms with Crippen molar-refractivity contribution in [2.75, 3.05) is 0 Å².